The van der Waals surface area contributed by atoms with Gasteiger partial charge >= 0.3 is 0 Å². The molecule has 0 aliphatic rings. The average Bonchev–Trinajstić information content (AvgIpc) is 2.28. The molecule has 0 amide bonds. The third kappa shape index (κ3) is 2.84. The number of hydrogen-bond acceptors (Lipinski definition) is 4. The molecule has 0 unspecified atom stereocenters. The van der Waals surface area contributed by atoms with Gasteiger partial charge in [0.05, 0.1) is 14.2 Å². The summed E-state index contributed by atoms with van der Waals surface area (Å²) in [7, 11) is 2.83. The van der Waals surface area contributed by atoms with Crippen molar-refractivity contribution in [2.24, 2.45) is 0 Å². The van der Waals surface area contributed by atoms with Crippen molar-refractivity contribution in [2.75, 3.05) is 14.2 Å². The lowest BCUT2D eigenvalue weighted by molar-refractivity contribution is 0.315. The van der Waals surface area contributed by atoms with Crippen LogP contribution in [0.5, 0.6) is 23.0 Å². The summed E-state index contributed by atoms with van der Waals surface area (Å²) in [6.07, 6.45) is 2.49. The third-order valence-electron chi connectivity index (χ3n) is 2.41. The molecule has 0 heterocycles. The average molecular weight is 238 g/mol. The van der Waals surface area contributed by atoms with Crippen molar-refractivity contribution in [1.29, 1.82) is 0 Å². The molecule has 0 spiro atoms. The van der Waals surface area contributed by atoms with Gasteiger partial charge in [-0.05, 0) is 26.3 Å². The lowest BCUT2D eigenvalue weighted by Gasteiger charge is -2.13. The Labute approximate surface area is 101 Å². The Morgan fingerprint density at radius 3 is 2.24 bits per heavy atom. The van der Waals surface area contributed by atoms with E-state index in [9.17, 15) is 10.2 Å². The molecule has 0 aliphatic carbocycles. The van der Waals surface area contributed by atoms with E-state index in [1.807, 2.05) is 19.9 Å². The topological polar surface area (TPSA) is 58.9 Å². The van der Waals surface area contributed by atoms with Crippen molar-refractivity contribution in [3.63, 3.8) is 0 Å². The van der Waals surface area contributed by atoms with Gasteiger partial charge in [0, 0.05) is 5.56 Å². The van der Waals surface area contributed by atoms with Crippen LogP contribution in [0, 0.1) is 0 Å². The Bertz CT molecular complexity index is 432. The van der Waals surface area contributed by atoms with Crippen molar-refractivity contribution < 1.29 is 19.7 Å². The van der Waals surface area contributed by atoms with E-state index in [4.69, 9.17) is 9.47 Å². The third-order valence-corrected chi connectivity index (χ3v) is 2.41. The van der Waals surface area contributed by atoms with Gasteiger partial charge in [-0.2, -0.15) is 0 Å². The minimum Gasteiger partial charge on any atom is -0.504 e. The number of phenolic OH excluding ortho intramolecular Hbond substituents is 2. The molecule has 0 aliphatic heterocycles. The smallest absolute Gasteiger partial charge is 0.207 e. The Morgan fingerprint density at radius 2 is 1.76 bits per heavy atom. The highest BCUT2D eigenvalue weighted by atomic mass is 16.5. The van der Waals surface area contributed by atoms with E-state index in [1.165, 1.54) is 20.3 Å². The summed E-state index contributed by atoms with van der Waals surface area (Å²) in [5.74, 6) is 0.259. The number of ether oxygens (including phenoxy) is 2. The molecule has 1 aromatic carbocycles. The molecular formula is C13H18O4. The van der Waals surface area contributed by atoms with Gasteiger partial charge in [-0.25, -0.2) is 0 Å². The highest BCUT2D eigenvalue weighted by Crippen LogP contribution is 2.45. The van der Waals surface area contributed by atoms with E-state index in [2.05, 4.69) is 0 Å². The van der Waals surface area contributed by atoms with E-state index >= 15 is 0 Å². The van der Waals surface area contributed by atoms with Crippen molar-refractivity contribution in [2.45, 2.75) is 20.3 Å². The molecule has 0 radical (unpaired) electrons. The monoisotopic (exact) mass is 238 g/mol. The molecule has 1 rings (SSSR count). The Hall–Kier alpha value is -1.84. The molecule has 0 atom stereocenters. The van der Waals surface area contributed by atoms with Crippen LogP contribution in [0.15, 0.2) is 17.7 Å². The summed E-state index contributed by atoms with van der Waals surface area (Å²) >= 11 is 0. The normalized spacial score (nSPS) is 9.88. The number of aromatic hydroxyl groups is 2. The molecule has 0 saturated heterocycles. The Balaban J connectivity index is 3.25. The van der Waals surface area contributed by atoms with Crippen LogP contribution >= 0.6 is 0 Å². The van der Waals surface area contributed by atoms with Gasteiger partial charge in [-0.15, -0.1) is 0 Å². The molecule has 17 heavy (non-hydrogen) atoms. The van der Waals surface area contributed by atoms with Crippen molar-refractivity contribution >= 4 is 0 Å². The molecule has 2 N–H and O–H groups in total. The molecule has 0 saturated carbocycles. The second-order valence-electron chi connectivity index (χ2n) is 3.96. The van der Waals surface area contributed by atoms with Crippen LogP contribution < -0.4 is 9.47 Å². The van der Waals surface area contributed by atoms with Gasteiger partial charge in [0.15, 0.2) is 11.5 Å². The number of rotatable bonds is 4. The number of benzene rings is 1. The number of hydrogen-bond donors (Lipinski definition) is 2. The molecule has 0 fully saturated rings. The lowest BCUT2D eigenvalue weighted by Crippen LogP contribution is -1.94. The summed E-state index contributed by atoms with van der Waals surface area (Å²) in [6.45, 7) is 3.94. The largest absolute Gasteiger partial charge is 0.504 e. The maximum absolute atomic E-state index is 9.99. The molecule has 4 heteroatoms. The zero-order chi connectivity index (χ0) is 13.0. The summed E-state index contributed by atoms with van der Waals surface area (Å²) in [4.78, 5) is 0. The number of methoxy groups -OCH3 is 2. The molecule has 4 nitrogen and oxygen atoms in total. The maximum atomic E-state index is 9.99. The van der Waals surface area contributed by atoms with Crippen molar-refractivity contribution in [3.8, 4) is 23.0 Å². The zero-order valence-corrected chi connectivity index (χ0v) is 10.6. The van der Waals surface area contributed by atoms with E-state index in [0.29, 0.717) is 12.0 Å². The van der Waals surface area contributed by atoms with Gasteiger partial charge in [0.25, 0.3) is 0 Å². The summed E-state index contributed by atoms with van der Waals surface area (Å²) in [6, 6.07) is 1.48. The standard InChI is InChI=1S/C13H18O4/c1-8(2)5-6-9-7-10(14)12(16-3)13(17-4)11(9)15/h5,7,14-15H,6H2,1-4H3. The van der Waals surface area contributed by atoms with E-state index < -0.39 is 0 Å². The highest BCUT2D eigenvalue weighted by Gasteiger charge is 2.18. The first-order valence-electron chi connectivity index (χ1n) is 5.30. The van der Waals surface area contributed by atoms with Gasteiger partial charge in [-0.1, -0.05) is 11.6 Å². The van der Waals surface area contributed by atoms with Crippen LogP contribution in [0.2, 0.25) is 0 Å². The molecule has 0 bridgehead atoms. The molecule has 1 aromatic rings. The molecular weight excluding hydrogens is 220 g/mol. The maximum Gasteiger partial charge on any atom is 0.207 e. The first kappa shape index (κ1) is 13.2. The van der Waals surface area contributed by atoms with Crippen LogP contribution in [-0.4, -0.2) is 24.4 Å². The number of allylic oxidation sites excluding steroid dienone is 2. The minimum atomic E-state index is -0.0423. The minimum absolute atomic E-state index is 0.000324. The van der Waals surface area contributed by atoms with Crippen LogP contribution in [0.3, 0.4) is 0 Å². The Kier molecular flexibility index (Phi) is 4.26. The molecule has 0 aromatic heterocycles. The molecule has 94 valence electrons. The van der Waals surface area contributed by atoms with E-state index in [0.717, 1.165) is 5.57 Å². The van der Waals surface area contributed by atoms with Crippen LogP contribution in [0.25, 0.3) is 0 Å². The summed E-state index contributed by atoms with van der Waals surface area (Å²) in [5.41, 5.74) is 1.74. The van der Waals surface area contributed by atoms with E-state index in [-0.39, 0.29) is 23.0 Å². The number of phenols is 2. The van der Waals surface area contributed by atoms with Crippen LogP contribution in [-0.2, 0) is 6.42 Å². The zero-order valence-electron chi connectivity index (χ0n) is 10.6. The van der Waals surface area contributed by atoms with Crippen molar-refractivity contribution in [3.05, 3.63) is 23.3 Å². The highest BCUT2D eigenvalue weighted by molar-refractivity contribution is 5.62. The van der Waals surface area contributed by atoms with Crippen molar-refractivity contribution in [1.82, 2.24) is 0 Å². The second-order valence-corrected chi connectivity index (χ2v) is 3.96. The second kappa shape index (κ2) is 5.48. The predicted molar refractivity (Wildman–Crippen MR) is 66.0 cm³/mol. The van der Waals surface area contributed by atoms with Gasteiger partial charge in [-0.3, -0.25) is 0 Å². The fraction of sp³-hybridized carbons (Fsp3) is 0.385. The summed E-state index contributed by atoms with van der Waals surface area (Å²) < 4.78 is 10.0. The van der Waals surface area contributed by atoms with Gasteiger partial charge in [0.1, 0.15) is 0 Å². The fourth-order valence-corrected chi connectivity index (χ4v) is 1.52. The first-order chi connectivity index (χ1) is 8.01. The van der Waals surface area contributed by atoms with E-state index in [1.54, 1.807) is 0 Å². The SMILES string of the molecule is COc1c(O)cc(CC=C(C)C)c(O)c1OC. The van der Waals surface area contributed by atoms with Gasteiger partial charge < -0.3 is 19.7 Å². The summed E-state index contributed by atoms with van der Waals surface area (Å²) in [5, 5.41) is 19.7. The van der Waals surface area contributed by atoms with Crippen LogP contribution in [0.4, 0.5) is 0 Å². The first-order valence-corrected chi connectivity index (χ1v) is 5.30. The Morgan fingerprint density at radius 1 is 1.18 bits per heavy atom. The lowest BCUT2D eigenvalue weighted by atomic mass is 10.1. The van der Waals surface area contributed by atoms with Gasteiger partial charge in [0.2, 0.25) is 11.5 Å². The fourth-order valence-electron chi connectivity index (χ4n) is 1.52. The predicted octanol–water partition coefficient (Wildman–Crippen LogP) is 2.62. The van der Waals surface area contributed by atoms with Crippen LogP contribution in [0.1, 0.15) is 19.4 Å². The quantitative estimate of drug-likeness (QED) is 0.625.